The molecule has 0 bridgehead atoms. The van der Waals surface area contributed by atoms with E-state index in [0.29, 0.717) is 6.54 Å². The SMILES string of the molecule is COc1ccc(CN(C)C(C)C(=O)N(C)CC(=O)NC2CC2)cc1F. The van der Waals surface area contributed by atoms with E-state index in [1.807, 2.05) is 4.90 Å². The van der Waals surface area contributed by atoms with Crippen LogP contribution in [-0.4, -0.2) is 61.4 Å². The summed E-state index contributed by atoms with van der Waals surface area (Å²) in [5, 5.41) is 2.86. The molecule has 1 aromatic rings. The van der Waals surface area contributed by atoms with Gasteiger partial charge < -0.3 is 15.0 Å². The van der Waals surface area contributed by atoms with Crippen molar-refractivity contribution in [3.05, 3.63) is 29.6 Å². The molecule has 2 rings (SSSR count). The first-order chi connectivity index (χ1) is 11.8. The average Bonchev–Trinajstić information content (AvgIpc) is 3.37. The van der Waals surface area contributed by atoms with E-state index < -0.39 is 11.9 Å². The summed E-state index contributed by atoms with van der Waals surface area (Å²) >= 11 is 0. The summed E-state index contributed by atoms with van der Waals surface area (Å²) in [6, 6.07) is 4.59. The minimum atomic E-state index is -0.429. The molecular formula is C18H26FN3O3. The van der Waals surface area contributed by atoms with Gasteiger partial charge in [0.2, 0.25) is 11.8 Å². The van der Waals surface area contributed by atoms with E-state index >= 15 is 0 Å². The van der Waals surface area contributed by atoms with Crippen molar-refractivity contribution in [3.63, 3.8) is 0 Å². The van der Waals surface area contributed by atoms with E-state index in [1.165, 1.54) is 18.1 Å². The zero-order valence-electron chi connectivity index (χ0n) is 15.2. The molecule has 0 aromatic heterocycles. The van der Waals surface area contributed by atoms with Crippen LogP contribution in [0.3, 0.4) is 0 Å². The molecule has 25 heavy (non-hydrogen) atoms. The number of rotatable bonds is 8. The van der Waals surface area contributed by atoms with Crippen molar-refractivity contribution >= 4 is 11.8 Å². The van der Waals surface area contributed by atoms with E-state index in [2.05, 4.69) is 5.32 Å². The second-order valence-corrected chi connectivity index (χ2v) is 6.60. The Morgan fingerprint density at radius 2 is 2.04 bits per heavy atom. The Balaban J connectivity index is 1.88. The van der Waals surface area contributed by atoms with Crippen molar-refractivity contribution < 1.29 is 18.7 Å². The minimum absolute atomic E-state index is 0.0463. The maximum Gasteiger partial charge on any atom is 0.239 e. The minimum Gasteiger partial charge on any atom is -0.494 e. The van der Waals surface area contributed by atoms with Crippen LogP contribution >= 0.6 is 0 Å². The van der Waals surface area contributed by atoms with Crippen molar-refractivity contribution in [3.8, 4) is 5.75 Å². The van der Waals surface area contributed by atoms with Gasteiger partial charge >= 0.3 is 0 Å². The fourth-order valence-electron chi connectivity index (χ4n) is 2.53. The summed E-state index contributed by atoms with van der Waals surface area (Å²) in [4.78, 5) is 27.5. The van der Waals surface area contributed by atoms with Crippen molar-refractivity contribution in [1.82, 2.24) is 15.1 Å². The smallest absolute Gasteiger partial charge is 0.239 e. The zero-order valence-corrected chi connectivity index (χ0v) is 15.2. The summed E-state index contributed by atoms with van der Waals surface area (Å²) in [6.45, 7) is 2.23. The fraction of sp³-hybridized carbons (Fsp3) is 0.556. The Morgan fingerprint density at radius 3 is 2.60 bits per heavy atom. The number of nitrogens with zero attached hydrogens (tertiary/aromatic N) is 2. The second-order valence-electron chi connectivity index (χ2n) is 6.60. The Hall–Kier alpha value is -2.15. The molecule has 1 aromatic carbocycles. The quantitative estimate of drug-likeness (QED) is 0.769. The largest absolute Gasteiger partial charge is 0.494 e. The van der Waals surface area contributed by atoms with Gasteiger partial charge in [0.15, 0.2) is 11.6 Å². The molecule has 1 N–H and O–H groups in total. The highest BCUT2D eigenvalue weighted by Gasteiger charge is 2.26. The van der Waals surface area contributed by atoms with Gasteiger partial charge in [-0.25, -0.2) is 4.39 Å². The molecule has 7 heteroatoms. The van der Waals surface area contributed by atoms with Crippen molar-refractivity contribution in [2.45, 2.75) is 38.4 Å². The van der Waals surface area contributed by atoms with Gasteiger partial charge in [-0.3, -0.25) is 14.5 Å². The predicted molar refractivity (Wildman–Crippen MR) is 92.7 cm³/mol. The van der Waals surface area contributed by atoms with E-state index in [-0.39, 0.29) is 30.2 Å². The number of amides is 2. The van der Waals surface area contributed by atoms with Gasteiger partial charge in [0.05, 0.1) is 19.7 Å². The third-order valence-electron chi connectivity index (χ3n) is 4.37. The third kappa shape index (κ3) is 5.42. The Labute approximate surface area is 147 Å². The summed E-state index contributed by atoms with van der Waals surface area (Å²) in [5.41, 5.74) is 0.745. The van der Waals surface area contributed by atoms with Crippen molar-refractivity contribution in [2.75, 3.05) is 27.7 Å². The monoisotopic (exact) mass is 351 g/mol. The predicted octanol–water partition coefficient (Wildman–Crippen LogP) is 1.39. The number of carbonyl (C=O) groups excluding carboxylic acids is 2. The first-order valence-corrected chi connectivity index (χ1v) is 8.38. The lowest BCUT2D eigenvalue weighted by Gasteiger charge is -2.28. The summed E-state index contributed by atoms with van der Waals surface area (Å²) in [6.07, 6.45) is 2.03. The summed E-state index contributed by atoms with van der Waals surface area (Å²) in [5.74, 6) is -0.522. The average molecular weight is 351 g/mol. The molecule has 1 unspecified atom stereocenters. The molecule has 0 radical (unpaired) electrons. The van der Waals surface area contributed by atoms with Crippen LogP contribution in [0.1, 0.15) is 25.3 Å². The summed E-state index contributed by atoms with van der Waals surface area (Å²) in [7, 11) is 4.83. The second kappa shape index (κ2) is 8.29. The summed E-state index contributed by atoms with van der Waals surface area (Å²) < 4.78 is 18.7. The molecule has 1 saturated carbocycles. The Bertz CT molecular complexity index is 634. The lowest BCUT2D eigenvalue weighted by molar-refractivity contribution is -0.138. The molecule has 0 aliphatic heterocycles. The number of ether oxygens (including phenoxy) is 1. The zero-order chi connectivity index (χ0) is 18.6. The van der Waals surface area contributed by atoms with E-state index in [1.54, 1.807) is 33.2 Å². The molecule has 138 valence electrons. The lowest BCUT2D eigenvalue weighted by Crippen LogP contribution is -2.47. The Morgan fingerprint density at radius 1 is 1.36 bits per heavy atom. The van der Waals surface area contributed by atoms with Gasteiger partial charge in [-0.05, 0) is 44.5 Å². The first kappa shape index (κ1) is 19.2. The van der Waals surface area contributed by atoms with Crippen LogP contribution in [0.25, 0.3) is 0 Å². The van der Waals surface area contributed by atoms with Gasteiger partial charge in [-0.2, -0.15) is 0 Å². The standard InChI is InChI=1S/C18H26FN3O3/c1-12(18(24)22(3)11-17(23)20-14-6-7-14)21(2)10-13-5-8-16(25-4)15(19)9-13/h5,8-9,12,14H,6-7,10-11H2,1-4H3,(H,20,23). The molecule has 1 aliphatic rings. The number of hydrogen-bond acceptors (Lipinski definition) is 4. The third-order valence-corrected chi connectivity index (χ3v) is 4.37. The van der Waals surface area contributed by atoms with Crippen LogP contribution < -0.4 is 10.1 Å². The lowest BCUT2D eigenvalue weighted by atomic mass is 10.1. The normalized spacial score (nSPS) is 15.0. The molecule has 0 saturated heterocycles. The molecule has 0 spiro atoms. The number of methoxy groups -OCH3 is 1. The number of hydrogen-bond donors (Lipinski definition) is 1. The number of likely N-dealkylation sites (N-methyl/N-ethyl adjacent to an activating group) is 2. The van der Waals surface area contributed by atoms with Crippen LogP contribution in [0.5, 0.6) is 5.75 Å². The van der Waals surface area contributed by atoms with Crippen LogP contribution in [0.15, 0.2) is 18.2 Å². The first-order valence-electron chi connectivity index (χ1n) is 8.38. The Kier molecular flexibility index (Phi) is 6.36. The van der Waals surface area contributed by atoms with Gasteiger partial charge in [0.1, 0.15) is 0 Å². The molecular weight excluding hydrogens is 325 g/mol. The van der Waals surface area contributed by atoms with E-state index in [4.69, 9.17) is 4.74 Å². The van der Waals surface area contributed by atoms with E-state index in [9.17, 15) is 14.0 Å². The van der Waals surface area contributed by atoms with Crippen molar-refractivity contribution in [1.29, 1.82) is 0 Å². The van der Waals surface area contributed by atoms with Crippen LogP contribution in [0.2, 0.25) is 0 Å². The molecule has 0 heterocycles. The molecule has 1 fully saturated rings. The molecule has 6 nitrogen and oxygen atoms in total. The highest BCUT2D eigenvalue weighted by Crippen LogP contribution is 2.19. The topological polar surface area (TPSA) is 61.9 Å². The van der Waals surface area contributed by atoms with Gasteiger partial charge in [-0.1, -0.05) is 6.07 Å². The molecule has 1 aliphatic carbocycles. The van der Waals surface area contributed by atoms with Gasteiger partial charge in [0, 0.05) is 19.6 Å². The maximum atomic E-state index is 13.8. The highest BCUT2D eigenvalue weighted by atomic mass is 19.1. The van der Waals surface area contributed by atoms with Crippen LogP contribution in [0.4, 0.5) is 4.39 Å². The van der Waals surface area contributed by atoms with Gasteiger partial charge in [-0.15, -0.1) is 0 Å². The number of halogens is 1. The number of benzene rings is 1. The number of carbonyl (C=O) groups is 2. The molecule has 2 amide bonds. The molecule has 1 atom stereocenters. The fourth-order valence-corrected chi connectivity index (χ4v) is 2.53. The van der Waals surface area contributed by atoms with E-state index in [0.717, 1.165) is 18.4 Å². The van der Waals surface area contributed by atoms with Crippen molar-refractivity contribution in [2.24, 2.45) is 0 Å². The highest BCUT2D eigenvalue weighted by molar-refractivity contribution is 5.87. The van der Waals surface area contributed by atoms with Crippen LogP contribution in [0, 0.1) is 5.82 Å². The van der Waals surface area contributed by atoms with Crippen LogP contribution in [-0.2, 0) is 16.1 Å². The number of nitrogens with one attached hydrogen (secondary N) is 1. The maximum absolute atomic E-state index is 13.8. The van der Waals surface area contributed by atoms with Gasteiger partial charge in [0.25, 0.3) is 0 Å².